The molecule has 2 heteroatoms. The summed E-state index contributed by atoms with van der Waals surface area (Å²) < 4.78 is 0. The Morgan fingerprint density at radius 2 is 1.88 bits per heavy atom. The van der Waals surface area contributed by atoms with Gasteiger partial charge in [-0.05, 0) is 48.8 Å². The molecule has 1 amide bonds. The minimum absolute atomic E-state index is 0.197. The van der Waals surface area contributed by atoms with Gasteiger partial charge in [-0.1, -0.05) is 18.2 Å². The number of carbonyl (C=O) groups is 1. The monoisotopic (exact) mass is 215 g/mol. The van der Waals surface area contributed by atoms with Gasteiger partial charge in [0, 0.05) is 6.42 Å². The molecule has 2 nitrogen and oxygen atoms in total. The van der Waals surface area contributed by atoms with Crippen LogP contribution >= 0.6 is 0 Å². The predicted octanol–water partition coefficient (Wildman–Crippen LogP) is 2.52. The number of nitrogens with one attached hydrogen (secondary N) is 1. The van der Waals surface area contributed by atoms with Gasteiger partial charge in [-0.15, -0.1) is 0 Å². The normalized spacial score (nSPS) is 24.0. The van der Waals surface area contributed by atoms with Crippen LogP contribution in [0.4, 0.5) is 0 Å². The van der Waals surface area contributed by atoms with Gasteiger partial charge in [-0.25, -0.2) is 0 Å². The molecular formula is C14H17NO. The van der Waals surface area contributed by atoms with E-state index in [0.717, 1.165) is 6.42 Å². The van der Waals surface area contributed by atoms with E-state index >= 15 is 0 Å². The van der Waals surface area contributed by atoms with Crippen LogP contribution in [-0.2, 0) is 17.6 Å². The zero-order chi connectivity index (χ0) is 11.0. The van der Waals surface area contributed by atoms with Crippen molar-refractivity contribution in [3.05, 3.63) is 34.9 Å². The molecule has 0 bridgehead atoms. The van der Waals surface area contributed by atoms with Gasteiger partial charge in [0.15, 0.2) is 0 Å². The largest absolute Gasteiger partial charge is 0.349 e. The van der Waals surface area contributed by atoms with E-state index < -0.39 is 0 Å². The maximum atomic E-state index is 11.2. The molecule has 0 saturated carbocycles. The summed E-state index contributed by atoms with van der Waals surface area (Å²) in [4.78, 5) is 11.2. The predicted molar refractivity (Wildman–Crippen MR) is 63.2 cm³/mol. The molecule has 2 aliphatic rings. The summed E-state index contributed by atoms with van der Waals surface area (Å²) in [5.74, 6) is 0.197. The topological polar surface area (TPSA) is 29.1 Å². The second kappa shape index (κ2) is 3.93. The zero-order valence-corrected chi connectivity index (χ0v) is 9.46. The highest BCUT2D eigenvalue weighted by Crippen LogP contribution is 2.28. The number of hydrogen-bond acceptors (Lipinski definition) is 1. The molecule has 16 heavy (non-hydrogen) atoms. The minimum Gasteiger partial charge on any atom is -0.349 e. The summed E-state index contributed by atoms with van der Waals surface area (Å²) in [6.07, 6.45) is 6.72. The maximum absolute atomic E-state index is 11.2. The van der Waals surface area contributed by atoms with Crippen molar-refractivity contribution in [1.29, 1.82) is 0 Å². The van der Waals surface area contributed by atoms with E-state index in [-0.39, 0.29) is 11.9 Å². The highest BCUT2D eigenvalue weighted by atomic mass is 16.1. The van der Waals surface area contributed by atoms with E-state index in [1.165, 1.54) is 42.4 Å². The molecule has 1 heterocycles. The van der Waals surface area contributed by atoms with Gasteiger partial charge in [0.1, 0.15) is 0 Å². The molecule has 1 aliphatic heterocycles. The Hall–Kier alpha value is -1.31. The smallest absolute Gasteiger partial charge is 0.220 e. The third kappa shape index (κ3) is 1.73. The van der Waals surface area contributed by atoms with Crippen LogP contribution in [0.3, 0.4) is 0 Å². The Bertz CT molecular complexity index is 425. The number of fused-ring (bicyclic) bond motifs is 1. The minimum atomic E-state index is 0.197. The number of amides is 1. The average molecular weight is 215 g/mol. The lowest BCUT2D eigenvalue weighted by Crippen LogP contribution is -2.18. The van der Waals surface area contributed by atoms with Crippen molar-refractivity contribution >= 4 is 5.91 Å². The summed E-state index contributed by atoms with van der Waals surface area (Å²) >= 11 is 0. The molecule has 1 saturated heterocycles. The third-order valence-electron chi connectivity index (χ3n) is 3.77. The standard InChI is InChI=1S/C14H17NO/c16-14-8-7-13(15-14)12-6-5-10-3-1-2-4-11(10)9-12/h5-6,9,13H,1-4,7-8H2,(H,15,16). The number of carbonyl (C=O) groups excluding carboxylic acids is 1. The van der Waals surface area contributed by atoms with Crippen LogP contribution in [0.1, 0.15) is 48.4 Å². The van der Waals surface area contributed by atoms with Crippen molar-refractivity contribution in [3.63, 3.8) is 0 Å². The fourth-order valence-electron chi connectivity index (χ4n) is 2.83. The molecule has 0 aromatic heterocycles. The maximum Gasteiger partial charge on any atom is 0.220 e. The van der Waals surface area contributed by atoms with Gasteiger partial charge in [0.05, 0.1) is 6.04 Å². The van der Waals surface area contributed by atoms with Gasteiger partial charge in [-0.3, -0.25) is 4.79 Å². The Balaban J connectivity index is 1.88. The molecule has 1 fully saturated rings. The van der Waals surface area contributed by atoms with Crippen molar-refractivity contribution in [3.8, 4) is 0 Å². The summed E-state index contributed by atoms with van der Waals surface area (Å²) in [6, 6.07) is 7.03. The summed E-state index contributed by atoms with van der Waals surface area (Å²) in [6.45, 7) is 0. The average Bonchev–Trinajstić information content (AvgIpc) is 2.75. The van der Waals surface area contributed by atoms with Crippen LogP contribution in [0.5, 0.6) is 0 Å². The number of benzene rings is 1. The lowest BCUT2D eigenvalue weighted by atomic mass is 9.89. The summed E-state index contributed by atoms with van der Waals surface area (Å²) in [7, 11) is 0. The fraction of sp³-hybridized carbons (Fsp3) is 0.500. The molecule has 1 aliphatic carbocycles. The molecule has 1 N–H and O–H groups in total. The lowest BCUT2D eigenvalue weighted by molar-refractivity contribution is -0.119. The van der Waals surface area contributed by atoms with E-state index in [1.54, 1.807) is 0 Å². The number of hydrogen-bond donors (Lipinski definition) is 1. The first-order valence-electron chi connectivity index (χ1n) is 6.24. The third-order valence-corrected chi connectivity index (χ3v) is 3.77. The lowest BCUT2D eigenvalue weighted by Gasteiger charge is -2.18. The Labute approximate surface area is 96.1 Å². The molecule has 1 aromatic carbocycles. The number of rotatable bonds is 1. The van der Waals surface area contributed by atoms with Crippen LogP contribution < -0.4 is 5.32 Å². The fourth-order valence-corrected chi connectivity index (χ4v) is 2.83. The van der Waals surface area contributed by atoms with Crippen LogP contribution in [-0.4, -0.2) is 5.91 Å². The first kappa shape index (κ1) is 9.88. The summed E-state index contributed by atoms with van der Waals surface area (Å²) in [5.41, 5.74) is 4.32. The van der Waals surface area contributed by atoms with Gasteiger partial charge in [0.25, 0.3) is 0 Å². The van der Waals surface area contributed by atoms with Crippen LogP contribution in [0.15, 0.2) is 18.2 Å². The van der Waals surface area contributed by atoms with E-state index in [4.69, 9.17) is 0 Å². The van der Waals surface area contributed by atoms with E-state index in [1.807, 2.05) is 0 Å². The molecule has 0 radical (unpaired) electrons. The second-order valence-corrected chi connectivity index (χ2v) is 4.89. The van der Waals surface area contributed by atoms with E-state index in [2.05, 4.69) is 23.5 Å². The van der Waals surface area contributed by atoms with E-state index in [9.17, 15) is 4.79 Å². The highest BCUT2D eigenvalue weighted by Gasteiger charge is 2.23. The molecule has 1 atom stereocenters. The molecule has 3 rings (SSSR count). The quantitative estimate of drug-likeness (QED) is 0.766. The zero-order valence-electron chi connectivity index (χ0n) is 9.46. The first-order valence-corrected chi connectivity index (χ1v) is 6.24. The SMILES string of the molecule is O=C1CCC(c2ccc3c(c2)CCCC3)N1. The molecular weight excluding hydrogens is 198 g/mol. The Kier molecular flexibility index (Phi) is 2.43. The molecule has 84 valence electrons. The van der Waals surface area contributed by atoms with Crippen LogP contribution in [0.2, 0.25) is 0 Å². The Morgan fingerprint density at radius 1 is 1.06 bits per heavy atom. The van der Waals surface area contributed by atoms with Crippen LogP contribution in [0, 0.1) is 0 Å². The van der Waals surface area contributed by atoms with Crippen LogP contribution in [0.25, 0.3) is 0 Å². The molecule has 0 spiro atoms. The van der Waals surface area contributed by atoms with Gasteiger partial charge in [0.2, 0.25) is 5.91 Å². The van der Waals surface area contributed by atoms with Gasteiger partial charge in [-0.2, -0.15) is 0 Å². The van der Waals surface area contributed by atoms with Crippen molar-refractivity contribution in [2.45, 2.75) is 44.6 Å². The summed E-state index contributed by atoms with van der Waals surface area (Å²) in [5, 5.41) is 3.04. The number of aryl methyl sites for hydroxylation is 2. The van der Waals surface area contributed by atoms with Crippen molar-refractivity contribution < 1.29 is 4.79 Å². The Morgan fingerprint density at radius 3 is 2.62 bits per heavy atom. The van der Waals surface area contributed by atoms with E-state index in [0.29, 0.717) is 6.42 Å². The van der Waals surface area contributed by atoms with Crippen molar-refractivity contribution in [2.75, 3.05) is 0 Å². The second-order valence-electron chi connectivity index (χ2n) is 4.89. The highest BCUT2D eigenvalue weighted by molar-refractivity contribution is 5.78. The molecule has 1 unspecified atom stereocenters. The first-order chi connectivity index (χ1) is 7.83. The van der Waals surface area contributed by atoms with Crippen molar-refractivity contribution in [1.82, 2.24) is 5.32 Å². The van der Waals surface area contributed by atoms with Gasteiger partial charge < -0.3 is 5.32 Å². The van der Waals surface area contributed by atoms with Gasteiger partial charge >= 0.3 is 0 Å². The van der Waals surface area contributed by atoms with Crippen molar-refractivity contribution in [2.24, 2.45) is 0 Å². The molecule has 1 aromatic rings.